The van der Waals surface area contributed by atoms with Crippen LogP contribution in [0.1, 0.15) is 45.4 Å². The predicted molar refractivity (Wildman–Crippen MR) is 59.5 cm³/mol. The van der Waals surface area contributed by atoms with Crippen LogP contribution in [-0.2, 0) is 4.79 Å². The summed E-state index contributed by atoms with van der Waals surface area (Å²) in [6.45, 7) is 2.84. The molecule has 0 saturated heterocycles. The van der Waals surface area contributed by atoms with Crippen LogP contribution in [0.25, 0.3) is 0 Å². The van der Waals surface area contributed by atoms with Crippen molar-refractivity contribution in [2.75, 3.05) is 12.4 Å². The molecule has 1 aliphatic rings. The van der Waals surface area contributed by atoms with E-state index in [2.05, 4.69) is 12.2 Å². The molecule has 1 fully saturated rings. The fourth-order valence-corrected chi connectivity index (χ4v) is 2.38. The van der Waals surface area contributed by atoms with E-state index in [9.17, 15) is 4.79 Å². The first-order valence-electron chi connectivity index (χ1n) is 5.59. The first-order chi connectivity index (χ1) is 6.75. The average molecular weight is 218 g/mol. The van der Waals surface area contributed by atoms with Crippen LogP contribution in [0.5, 0.6) is 0 Å². The van der Waals surface area contributed by atoms with E-state index in [0.29, 0.717) is 5.88 Å². The van der Waals surface area contributed by atoms with E-state index in [1.807, 2.05) is 0 Å². The van der Waals surface area contributed by atoms with Gasteiger partial charge in [-0.1, -0.05) is 19.8 Å². The van der Waals surface area contributed by atoms with Gasteiger partial charge in [-0.3, -0.25) is 4.79 Å². The van der Waals surface area contributed by atoms with Crippen molar-refractivity contribution in [3.63, 3.8) is 0 Å². The van der Waals surface area contributed by atoms with Crippen LogP contribution < -0.4 is 5.32 Å². The molecular formula is C11H20ClNO. The molecule has 0 aromatic rings. The van der Waals surface area contributed by atoms with Gasteiger partial charge in [0.2, 0.25) is 5.91 Å². The van der Waals surface area contributed by atoms with Crippen LogP contribution in [0, 0.1) is 5.41 Å². The van der Waals surface area contributed by atoms with Crippen LogP contribution in [0.3, 0.4) is 0 Å². The van der Waals surface area contributed by atoms with Crippen LogP contribution >= 0.6 is 11.6 Å². The summed E-state index contributed by atoms with van der Waals surface area (Å²) in [7, 11) is 0. The number of alkyl halides is 1. The normalized spacial score (nSPS) is 19.6. The molecule has 82 valence electrons. The smallest absolute Gasteiger partial charge is 0.226 e. The van der Waals surface area contributed by atoms with Gasteiger partial charge in [0.1, 0.15) is 0 Å². The third-order valence-electron chi connectivity index (χ3n) is 3.32. The van der Waals surface area contributed by atoms with Gasteiger partial charge in [0.15, 0.2) is 0 Å². The van der Waals surface area contributed by atoms with E-state index < -0.39 is 0 Å². The van der Waals surface area contributed by atoms with Crippen LogP contribution in [-0.4, -0.2) is 18.3 Å². The highest BCUT2D eigenvalue weighted by molar-refractivity contribution is 6.17. The van der Waals surface area contributed by atoms with Crippen molar-refractivity contribution in [2.24, 2.45) is 5.41 Å². The molecule has 0 aromatic heterocycles. The molecule has 2 nitrogen and oxygen atoms in total. The molecule has 0 aliphatic heterocycles. The highest BCUT2D eigenvalue weighted by atomic mass is 35.5. The summed E-state index contributed by atoms with van der Waals surface area (Å²) in [6.07, 6.45) is 6.38. The molecule has 1 saturated carbocycles. The molecular weight excluding hydrogens is 198 g/mol. The first kappa shape index (κ1) is 11.8. The van der Waals surface area contributed by atoms with Crippen LogP contribution in [0.2, 0.25) is 0 Å². The maximum absolute atomic E-state index is 11.9. The van der Waals surface area contributed by atoms with Crippen molar-refractivity contribution in [1.29, 1.82) is 0 Å². The number of carbonyl (C=O) groups excluding carboxylic acids is 1. The van der Waals surface area contributed by atoms with E-state index >= 15 is 0 Å². The van der Waals surface area contributed by atoms with Gasteiger partial charge in [-0.15, -0.1) is 11.6 Å². The summed E-state index contributed by atoms with van der Waals surface area (Å²) in [6, 6.07) is 0. The number of rotatable bonds is 5. The van der Waals surface area contributed by atoms with Crippen molar-refractivity contribution in [3.8, 4) is 0 Å². The molecule has 0 unspecified atom stereocenters. The topological polar surface area (TPSA) is 29.1 Å². The lowest BCUT2D eigenvalue weighted by Crippen LogP contribution is -2.39. The zero-order valence-electron chi connectivity index (χ0n) is 8.94. The quantitative estimate of drug-likeness (QED) is 0.557. The lowest BCUT2D eigenvalue weighted by molar-refractivity contribution is -0.131. The number of amides is 1. The minimum atomic E-state index is -0.0493. The largest absolute Gasteiger partial charge is 0.356 e. The molecule has 1 aliphatic carbocycles. The SMILES string of the molecule is CCC1(C(=O)NCCCCl)CCCC1. The van der Waals surface area contributed by atoms with Gasteiger partial charge < -0.3 is 5.32 Å². The average Bonchev–Trinajstić information content (AvgIpc) is 2.67. The highest BCUT2D eigenvalue weighted by Gasteiger charge is 2.38. The van der Waals surface area contributed by atoms with E-state index in [0.717, 1.165) is 32.2 Å². The van der Waals surface area contributed by atoms with Crippen molar-refractivity contribution in [3.05, 3.63) is 0 Å². The summed E-state index contributed by atoms with van der Waals surface area (Å²) in [5, 5.41) is 2.99. The summed E-state index contributed by atoms with van der Waals surface area (Å²) in [5.74, 6) is 0.877. The van der Waals surface area contributed by atoms with Gasteiger partial charge in [-0.25, -0.2) is 0 Å². The molecule has 0 radical (unpaired) electrons. The molecule has 1 N–H and O–H groups in total. The molecule has 0 bridgehead atoms. The maximum atomic E-state index is 11.9. The van der Waals surface area contributed by atoms with Gasteiger partial charge in [0, 0.05) is 17.8 Å². The highest BCUT2D eigenvalue weighted by Crippen LogP contribution is 2.40. The Balaban J connectivity index is 2.40. The zero-order valence-corrected chi connectivity index (χ0v) is 9.70. The Hall–Kier alpha value is -0.240. The second-order valence-electron chi connectivity index (χ2n) is 4.14. The van der Waals surface area contributed by atoms with Crippen molar-refractivity contribution in [2.45, 2.75) is 45.4 Å². The Bertz CT molecular complexity index is 188. The van der Waals surface area contributed by atoms with E-state index in [4.69, 9.17) is 11.6 Å². The Kier molecular flexibility index (Phi) is 4.73. The molecule has 1 rings (SSSR count). The van der Waals surface area contributed by atoms with E-state index in [-0.39, 0.29) is 11.3 Å². The monoisotopic (exact) mass is 217 g/mol. The molecule has 0 atom stereocenters. The number of nitrogens with one attached hydrogen (secondary N) is 1. The Labute approximate surface area is 91.4 Å². The number of halogens is 1. The van der Waals surface area contributed by atoms with Gasteiger partial charge in [-0.2, -0.15) is 0 Å². The fraction of sp³-hybridized carbons (Fsp3) is 0.909. The molecule has 1 amide bonds. The molecule has 0 spiro atoms. The van der Waals surface area contributed by atoms with Crippen molar-refractivity contribution >= 4 is 17.5 Å². The molecule has 14 heavy (non-hydrogen) atoms. The van der Waals surface area contributed by atoms with Crippen LogP contribution in [0.15, 0.2) is 0 Å². The van der Waals surface area contributed by atoms with Gasteiger partial charge >= 0.3 is 0 Å². The Morgan fingerprint density at radius 2 is 2.07 bits per heavy atom. The summed E-state index contributed by atoms with van der Waals surface area (Å²) < 4.78 is 0. The van der Waals surface area contributed by atoms with E-state index in [1.165, 1.54) is 12.8 Å². The number of carbonyl (C=O) groups is 1. The standard InChI is InChI=1S/C11H20ClNO/c1-2-11(6-3-4-7-11)10(14)13-9-5-8-12/h2-9H2,1H3,(H,13,14). The van der Waals surface area contributed by atoms with Gasteiger partial charge in [0.25, 0.3) is 0 Å². The lowest BCUT2D eigenvalue weighted by atomic mass is 9.82. The van der Waals surface area contributed by atoms with Crippen molar-refractivity contribution < 1.29 is 4.79 Å². The molecule has 0 aromatic carbocycles. The minimum Gasteiger partial charge on any atom is -0.356 e. The fourth-order valence-electron chi connectivity index (χ4n) is 2.25. The summed E-state index contributed by atoms with van der Waals surface area (Å²) in [4.78, 5) is 11.9. The third-order valence-corrected chi connectivity index (χ3v) is 3.58. The van der Waals surface area contributed by atoms with Crippen LogP contribution in [0.4, 0.5) is 0 Å². The summed E-state index contributed by atoms with van der Waals surface area (Å²) >= 11 is 5.56. The maximum Gasteiger partial charge on any atom is 0.226 e. The second kappa shape index (κ2) is 5.59. The number of hydrogen-bond donors (Lipinski definition) is 1. The zero-order chi connectivity index (χ0) is 10.4. The molecule has 0 heterocycles. The Morgan fingerprint density at radius 1 is 1.43 bits per heavy atom. The first-order valence-corrected chi connectivity index (χ1v) is 6.13. The Morgan fingerprint density at radius 3 is 2.57 bits per heavy atom. The van der Waals surface area contributed by atoms with Crippen molar-refractivity contribution in [1.82, 2.24) is 5.32 Å². The molecule has 3 heteroatoms. The second-order valence-corrected chi connectivity index (χ2v) is 4.52. The van der Waals surface area contributed by atoms with E-state index in [1.54, 1.807) is 0 Å². The minimum absolute atomic E-state index is 0.0493. The third kappa shape index (κ3) is 2.63. The lowest BCUT2D eigenvalue weighted by Gasteiger charge is -2.25. The summed E-state index contributed by atoms with van der Waals surface area (Å²) in [5.41, 5.74) is -0.0493. The van der Waals surface area contributed by atoms with Gasteiger partial charge in [0.05, 0.1) is 0 Å². The van der Waals surface area contributed by atoms with Gasteiger partial charge in [-0.05, 0) is 25.7 Å². The predicted octanol–water partition coefficient (Wildman–Crippen LogP) is 2.70. The number of hydrogen-bond acceptors (Lipinski definition) is 1.